The molecule has 2 rings (SSSR count). The molecule has 0 heterocycles. The number of halogens is 1. The molecule has 0 atom stereocenters. The van der Waals surface area contributed by atoms with Gasteiger partial charge in [-0.1, -0.05) is 12.1 Å². The number of rotatable bonds is 6. The second-order valence-corrected chi connectivity index (χ2v) is 6.28. The SMILES string of the molecule is Cc1cccc(NC(=O)CSCC(=O)c2ccc(F)c(C)c2)c1. The molecule has 0 saturated heterocycles. The van der Waals surface area contributed by atoms with Crippen molar-refractivity contribution in [3.8, 4) is 0 Å². The molecular weight excluding hydrogens is 313 g/mol. The molecule has 2 aromatic rings. The maximum absolute atomic E-state index is 13.2. The summed E-state index contributed by atoms with van der Waals surface area (Å²) < 4.78 is 13.2. The Balaban J connectivity index is 1.81. The van der Waals surface area contributed by atoms with E-state index in [0.29, 0.717) is 11.1 Å². The highest BCUT2D eigenvalue weighted by Crippen LogP contribution is 2.14. The third-order valence-corrected chi connectivity index (χ3v) is 4.18. The zero-order valence-electron chi connectivity index (χ0n) is 13.1. The number of nitrogens with one attached hydrogen (secondary N) is 1. The van der Waals surface area contributed by atoms with Crippen LogP contribution in [0, 0.1) is 19.7 Å². The number of Topliss-reactive ketones (excluding diaryl/α,β-unsaturated/α-hetero) is 1. The molecule has 2 aromatic carbocycles. The molecule has 3 nitrogen and oxygen atoms in total. The van der Waals surface area contributed by atoms with Gasteiger partial charge in [-0.3, -0.25) is 9.59 Å². The summed E-state index contributed by atoms with van der Waals surface area (Å²) in [5.74, 6) is -0.205. The number of benzene rings is 2. The highest BCUT2D eigenvalue weighted by atomic mass is 32.2. The summed E-state index contributed by atoms with van der Waals surface area (Å²) in [6.07, 6.45) is 0. The van der Waals surface area contributed by atoms with E-state index in [1.165, 1.54) is 30.0 Å². The van der Waals surface area contributed by atoms with E-state index in [1.807, 2.05) is 31.2 Å². The van der Waals surface area contributed by atoms with Crippen LogP contribution >= 0.6 is 11.8 Å². The predicted octanol–water partition coefficient (Wildman–Crippen LogP) is 4.00. The first-order chi connectivity index (χ1) is 11.0. The van der Waals surface area contributed by atoms with Crippen LogP contribution in [-0.2, 0) is 4.79 Å². The van der Waals surface area contributed by atoms with Crippen LogP contribution in [0.3, 0.4) is 0 Å². The number of thioether (sulfide) groups is 1. The van der Waals surface area contributed by atoms with Gasteiger partial charge in [0.1, 0.15) is 5.82 Å². The first-order valence-corrected chi connectivity index (χ1v) is 8.35. The van der Waals surface area contributed by atoms with Crippen molar-refractivity contribution in [2.45, 2.75) is 13.8 Å². The molecule has 120 valence electrons. The molecule has 0 spiro atoms. The summed E-state index contributed by atoms with van der Waals surface area (Å²) in [5.41, 5.74) is 2.72. The Morgan fingerprint density at radius 1 is 1.09 bits per heavy atom. The van der Waals surface area contributed by atoms with Crippen molar-refractivity contribution >= 4 is 29.1 Å². The van der Waals surface area contributed by atoms with E-state index in [2.05, 4.69) is 5.32 Å². The van der Waals surface area contributed by atoms with Crippen molar-refractivity contribution < 1.29 is 14.0 Å². The van der Waals surface area contributed by atoms with Crippen LogP contribution in [0.5, 0.6) is 0 Å². The smallest absolute Gasteiger partial charge is 0.234 e. The van der Waals surface area contributed by atoms with E-state index in [0.717, 1.165) is 11.3 Å². The Hall–Kier alpha value is -2.14. The quantitative estimate of drug-likeness (QED) is 0.814. The molecule has 0 aliphatic rings. The minimum Gasteiger partial charge on any atom is -0.325 e. The molecule has 0 unspecified atom stereocenters. The van der Waals surface area contributed by atoms with E-state index in [9.17, 15) is 14.0 Å². The van der Waals surface area contributed by atoms with E-state index in [4.69, 9.17) is 0 Å². The Kier molecular flexibility index (Phi) is 5.93. The summed E-state index contributed by atoms with van der Waals surface area (Å²) in [6.45, 7) is 3.57. The highest BCUT2D eigenvalue weighted by molar-refractivity contribution is 8.00. The Morgan fingerprint density at radius 3 is 2.57 bits per heavy atom. The van der Waals surface area contributed by atoms with Crippen LogP contribution < -0.4 is 5.32 Å². The normalized spacial score (nSPS) is 10.4. The Bertz CT molecular complexity index is 731. The van der Waals surface area contributed by atoms with Crippen LogP contribution in [-0.4, -0.2) is 23.2 Å². The van der Waals surface area contributed by atoms with Crippen LogP contribution in [0.25, 0.3) is 0 Å². The van der Waals surface area contributed by atoms with Crippen molar-refractivity contribution in [1.29, 1.82) is 0 Å². The number of aryl methyl sites for hydroxylation is 2. The number of ketones is 1. The summed E-state index contributed by atoms with van der Waals surface area (Å²) in [7, 11) is 0. The summed E-state index contributed by atoms with van der Waals surface area (Å²) in [6, 6.07) is 11.8. The summed E-state index contributed by atoms with van der Waals surface area (Å²) in [5, 5.41) is 2.79. The minimum atomic E-state index is -0.327. The van der Waals surface area contributed by atoms with Gasteiger partial charge >= 0.3 is 0 Å². The van der Waals surface area contributed by atoms with Gasteiger partial charge in [0.25, 0.3) is 0 Å². The number of amides is 1. The third-order valence-electron chi connectivity index (χ3n) is 3.25. The van der Waals surface area contributed by atoms with Gasteiger partial charge in [-0.25, -0.2) is 4.39 Å². The standard InChI is InChI=1S/C18H18FNO2S/c1-12-4-3-5-15(8-12)20-18(22)11-23-10-17(21)14-6-7-16(19)13(2)9-14/h3-9H,10-11H2,1-2H3,(H,20,22). The zero-order valence-corrected chi connectivity index (χ0v) is 13.9. The summed E-state index contributed by atoms with van der Waals surface area (Å²) in [4.78, 5) is 23.9. The molecule has 5 heteroatoms. The second kappa shape index (κ2) is 7.92. The lowest BCUT2D eigenvalue weighted by Crippen LogP contribution is -2.15. The Labute approximate surface area is 139 Å². The molecule has 1 N–H and O–H groups in total. The fraction of sp³-hybridized carbons (Fsp3) is 0.222. The molecule has 0 aromatic heterocycles. The average Bonchev–Trinajstić information content (AvgIpc) is 2.50. The van der Waals surface area contributed by atoms with E-state index < -0.39 is 0 Å². The predicted molar refractivity (Wildman–Crippen MR) is 92.6 cm³/mol. The van der Waals surface area contributed by atoms with Crippen LogP contribution in [0.2, 0.25) is 0 Å². The average molecular weight is 331 g/mol. The van der Waals surface area contributed by atoms with E-state index in [-0.39, 0.29) is 29.0 Å². The van der Waals surface area contributed by atoms with Crippen LogP contribution in [0.15, 0.2) is 42.5 Å². The minimum absolute atomic E-state index is 0.110. The summed E-state index contributed by atoms with van der Waals surface area (Å²) >= 11 is 1.24. The molecule has 0 aliphatic carbocycles. The number of carbonyl (C=O) groups excluding carboxylic acids is 2. The third kappa shape index (κ3) is 5.21. The number of hydrogen-bond donors (Lipinski definition) is 1. The first kappa shape index (κ1) is 17.2. The van der Waals surface area contributed by atoms with Gasteiger partial charge < -0.3 is 5.32 Å². The highest BCUT2D eigenvalue weighted by Gasteiger charge is 2.10. The largest absolute Gasteiger partial charge is 0.325 e. The zero-order chi connectivity index (χ0) is 16.8. The van der Waals surface area contributed by atoms with Gasteiger partial charge in [0.15, 0.2) is 5.78 Å². The van der Waals surface area contributed by atoms with Gasteiger partial charge in [0.05, 0.1) is 11.5 Å². The van der Waals surface area contributed by atoms with E-state index in [1.54, 1.807) is 6.92 Å². The number of carbonyl (C=O) groups is 2. The molecule has 0 aliphatic heterocycles. The second-order valence-electron chi connectivity index (χ2n) is 5.30. The van der Waals surface area contributed by atoms with Crippen molar-refractivity contribution in [2.75, 3.05) is 16.8 Å². The van der Waals surface area contributed by atoms with Crippen molar-refractivity contribution in [3.63, 3.8) is 0 Å². The fourth-order valence-corrected chi connectivity index (χ4v) is 2.77. The number of hydrogen-bond acceptors (Lipinski definition) is 3. The van der Waals surface area contributed by atoms with Gasteiger partial charge in [-0.15, -0.1) is 11.8 Å². The van der Waals surface area contributed by atoms with Crippen LogP contribution in [0.4, 0.5) is 10.1 Å². The van der Waals surface area contributed by atoms with E-state index >= 15 is 0 Å². The van der Waals surface area contributed by atoms with Gasteiger partial charge in [0, 0.05) is 11.3 Å². The maximum Gasteiger partial charge on any atom is 0.234 e. The number of anilines is 1. The molecule has 1 amide bonds. The molecular formula is C18H18FNO2S. The molecule has 0 bridgehead atoms. The van der Waals surface area contributed by atoms with Crippen molar-refractivity contribution in [2.24, 2.45) is 0 Å². The fourth-order valence-electron chi connectivity index (χ4n) is 2.06. The lowest BCUT2D eigenvalue weighted by atomic mass is 10.1. The molecule has 0 radical (unpaired) electrons. The maximum atomic E-state index is 13.2. The monoisotopic (exact) mass is 331 g/mol. The van der Waals surface area contributed by atoms with Gasteiger partial charge in [-0.2, -0.15) is 0 Å². The van der Waals surface area contributed by atoms with Crippen LogP contribution in [0.1, 0.15) is 21.5 Å². The topological polar surface area (TPSA) is 46.2 Å². The first-order valence-electron chi connectivity index (χ1n) is 7.19. The lowest BCUT2D eigenvalue weighted by Gasteiger charge is -2.06. The molecule has 23 heavy (non-hydrogen) atoms. The molecule has 0 saturated carbocycles. The van der Waals surface area contributed by atoms with Crippen molar-refractivity contribution in [1.82, 2.24) is 0 Å². The molecule has 0 fully saturated rings. The van der Waals surface area contributed by atoms with Gasteiger partial charge in [-0.05, 0) is 55.3 Å². The Morgan fingerprint density at radius 2 is 1.87 bits per heavy atom. The van der Waals surface area contributed by atoms with Gasteiger partial charge in [0.2, 0.25) is 5.91 Å². The lowest BCUT2D eigenvalue weighted by molar-refractivity contribution is -0.113. The van der Waals surface area contributed by atoms with Crippen molar-refractivity contribution in [3.05, 3.63) is 65.0 Å².